The minimum absolute atomic E-state index is 0.254. The Morgan fingerprint density at radius 1 is 0.879 bits per heavy atom. The molecule has 6 bridgehead atoms. The Hall–Kier alpha value is -3.61. The largest absolute Gasteiger partial charge is 0.339 e. The summed E-state index contributed by atoms with van der Waals surface area (Å²) in [6.45, 7) is 0. The zero-order valence-corrected chi connectivity index (χ0v) is 18.9. The van der Waals surface area contributed by atoms with Crippen molar-refractivity contribution in [3.05, 3.63) is 99.7 Å². The van der Waals surface area contributed by atoms with Gasteiger partial charge in [-0.3, -0.25) is 4.79 Å². The fraction of sp³-hybridized carbons (Fsp3) is 0.0800. The van der Waals surface area contributed by atoms with Gasteiger partial charge in [0.25, 0.3) is 5.91 Å². The average molecular weight is 476 g/mol. The summed E-state index contributed by atoms with van der Waals surface area (Å²) >= 11 is 12.5. The lowest BCUT2D eigenvalue weighted by Gasteiger charge is -2.15. The maximum atomic E-state index is 12.9. The number of amides is 1. The van der Waals surface area contributed by atoms with Crippen LogP contribution in [0, 0.1) is 0 Å². The number of aromatic nitrogens is 2. The lowest BCUT2D eigenvalue weighted by molar-refractivity contribution is 0.102. The van der Waals surface area contributed by atoms with Gasteiger partial charge in [0.1, 0.15) is 5.02 Å². The molecule has 0 spiro atoms. The maximum Gasteiger partial charge on any atom is 0.257 e. The summed E-state index contributed by atoms with van der Waals surface area (Å²) in [7, 11) is 0. The summed E-state index contributed by atoms with van der Waals surface area (Å²) in [6.07, 6.45) is 3.06. The van der Waals surface area contributed by atoms with Crippen molar-refractivity contribution in [1.29, 1.82) is 0 Å². The normalized spacial score (nSPS) is 12.3. The standard InChI is InChI=1S/C25H19Cl2N5O/c26-20-7-2-1-6-19(20)24(33)31-22-11-10-18-13-16(22)9-8-15-4-3-5-17(12-15)30-25-28-14-21(27)23(29-18)32-25/h1-7,10-14H,8-9H2,(H,31,33)(H2,28,29,30,32). The molecule has 1 aliphatic heterocycles. The van der Waals surface area contributed by atoms with E-state index in [0.717, 1.165) is 34.6 Å². The average Bonchev–Trinajstić information content (AvgIpc) is 2.81. The number of nitrogens with one attached hydrogen (secondary N) is 3. The van der Waals surface area contributed by atoms with E-state index in [-0.39, 0.29) is 5.91 Å². The van der Waals surface area contributed by atoms with Crippen molar-refractivity contribution in [1.82, 2.24) is 9.97 Å². The van der Waals surface area contributed by atoms with E-state index in [1.54, 1.807) is 30.5 Å². The van der Waals surface area contributed by atoms with Crippen LogP contribution in [0.25, 0.3) is 0 Å². The highest BCUT2D eigenvalue weighted by atomic mass is 35.5. The zero-order chi connectivity index (χ0) is 22.8. The molecule has 164 valence electrons. The number of hydrogen-bond acceptors (Lipinski definition) is 5. The Labute approximate surface area is 201 Å². The molecule has 1 amide bonds. The number of halogens is 2. The molecule has 3 N–H and O–H groups in total. The number of aryl methyl sites for hydroxylation is 2. The molecular weight excluding hydrogens is 457 g/mol. The Morgan fingerprint density at radius 2 is 1.73 bits per heavy atom. The van der Waals surface area contributed by atoms with Crippen molar-refractivity contribution in [3.63, 3.8) is 0 Å². The first-order valence-electron chi connectivity index (χ1n) is 10.4. The molecule has 4 aromatic rings. The van der Waals surface area contributed by atoms with Gasteiger partial charge in [0.05, 0.1) is 16.8 Å². The van der Waals surface area contributed by atoms with Crippen molar-refractivity contribution in [2.24, 2.45) is 0 Å². The Kier molecular flexibility index (Phi) is 5.86. The van der Waals surface area contributed by atoms with E-state index in [2.05, 4.69) is 38.1 Å². The van der Waals surface area contributed by atoms with Gasteiger partial charge in [-0.25, -0.2) is 4.98 Å². The van der Waals surface area contributed by atoms with Gasteiger partial charge in [-0.15, -0.1) is 0 Å². The second-order valence-corrected chi connectivity index (χ2v) is 8.46. The van der Waals surface area contributed by atoms with Crippen LogP contribution < -0.4 is 16.0 Å². The van der Waals surface area contributed by atoms with Gasteiger partial charge >= 0.3 is 0 Å². The number of rotatable bonds is 2. The summed E-state index contributed by atoms with van der Waals surface area (Å²) in [5.41, 5.74) is 4.97. The van der Waals surface area contributed by atoms with Crippen molar-refractivity contribution in [3.8, 4) is 0 Å². The number of carbonyl (C=O) groups excluding carboxylic acids is 1. The number of hydrogen-bond donors (Lipinski definition) is 3. The summed E-state index contributed by atoms with van der Waals surface area (Å²) in [4.78, 5) is 21.7. The topological polar surface area (TPSA) is 78.9 Å². The molecule has 5 rings (SSSR count). The quantitative estimate of drug-likeness (QED) is 0.303. The number of fused-ring (bicyclic) bond motifs is 6. The van der Waals surface area contributed by atoms with E-state index in [1.165, 1.54) is 0 Å². The zero-order valence-electron chi connectivity index (χ0n) is 17.4. The van der Waals surface area contributed by atoms with E-state index >= 15 is 0 Å². The van der Waals surface area contributed by atoms with E-state index < -0.39 is 0 Å². The van der Waals surface area contributed by atoms with E-state index in [0.29, 0.717) is 33.8 Å². The smallest absolute Gasteiger partial charge is 0.257 e. The second kappa shape index (κ2) is 9.10. The fourth-order valence-electron chi connectivity index (χ4n) is 3.70. The Balaban J connectivity index is 1.53. The summed E-state index contributed by atoms with van der Waals surface area (Å²) in [6, 6.07) is 20.8. The minimum Gasteiger partial charge on any atom is -0.339 e. The van der Waals surface area contributed by atoms with Crippen LogP contribution >= 0.6 is 23.2 Å². The molecule has 0 saturated heterocycles. The highest BCUT2D eigenvalue weighted by molar-refractivity contribution is 6.34. The highest BCUT2D eigenvalue weighted by Gasteiger charge is 2.15. The first-order chi connectivity index (χ1) is 16.0. The van der Waals surface area contributed by atoms with E-state index in [4.69, 9.17) is 23.2 Å². The fourth-order valence-corrected chi connectivity index (χ4v) is 4.06. The lowest BCUT2D eigenvalue weighted by Crippen LogP contribution is -2.14. The molecule has 0 saturated carbocycles. The maximum absolute atomic E-state index is 12.9. The number of nitrogens with zero attached hydrogens (tertiary/aromatic N) is 2. The molecule has 3 aromatic carbocycles. The molecule has 8 heteroatoms. The van der Waals surface area contributed by atoms with E-state index in [1.807, 2.05) is 30.3 Å². The number of carbonyl (C=O) groups is 1. The number of anilines is 5. The summed E-state index contributed by atoms with van der Waals surface area (Å²) < 4.78 is 0. The van der Waals surface area contributed by atoms with Gasteiger partial charge < -0.3 is 16.0 Å². The van der Waals surface area contributed by atoms with Crippen molar-refractivity contribution in [2.45, 2.75) is 12.8 Å². The lowest BCUT2D eigenvalue weighted by atomic mass is 10.0. The molecule has 2 heterocycles. The van der Waals surface area contributed by atoms with Gasteiger partial charge in [0.2, 0.25) is 5.95 Å². The van der Waals surface area contributed by atoms with Crippen LogP contribution in [0.2, 0.25) is 10.0 Å². The molecule has 33 heavy (non-hydrogen) atoms. The van der Waals surface area contributed by atoms with Crippen molar-refractivity contribution >= 4 is 57.9 Å². The molecule has 6 nitrogen and oxygen atoms in total. The van der Waals surface area contributed by atoms with Gasteiger partial charge in [-0.05, 0) is 66.4 Å². The minimum atomic E-state index is -0.254. The molecule has 1 aliphatic rings. The first kappa shape index (κ1) is 21.2. The molecule has 1 aromatic heterocycles. The molecule has 0 unspecified atom stereocenters. The monoisotopic (exact) mass is 475 g/mol. The third-order valence-corrected chi connectivity index (χ3v) is 5.95. The van der Waals surface area contributed by atoms with Crippen LogP contribution in [0.1, 0.15) is 21.5 Å². The van der Waals surface area contributed by atoms with Crippen LogP contribution in [0.15, 0.2) is 72.9 Å². The van der Waals surface area contributed by atoms with Crippen LogP contribution in [0.3, 0.4) is 0 Å². The highest BCUT2D eigenvalue weighted by Crippen LogP contribution is 2.30. The van der Waals surface area contributed by atoms with Gasteiger partial charge in [-0.2, -0.15) is 4.98 Å². The van der Waals surface area contributed by atoms with Gasteiger partial charge in [0.15, 0.2) is 5.82 Å². The predicted molar refractivity (Wildman–Crippen MR) is 133 cm³/mol. The van der Waals surface area contributed by atoms with Crippen LogP contribution in [-0.4, -0.2) is 15.9 Å². The molecule has 0 aliphatic carbocycles. The van der Waals surface area contributed by atoms with Crippen LogP contribution in [0.4, 0.5) is 28.8 Å². The van der Waals surface area contributed by atoms with E-state index in [9.17, 15) is 4.79 Å². The van der Waals surface area contributed by atoms with Gasteiger partial charge in [0, 0.05) is 17.1 Å². The van der Waals surface area contributed by atoms with Gasteiger partial charge in [-0.1, -0.05) is 47.5 Å². The molecular formula is C25H19Cl2N5O. The third kappa shape index (κ3) is 4.77. The second-order valence-electron chi connectivity index (χ2n) is 7.65. The number of benzene rings is 3. The summed E-state index contributed by atoms with van der Waals surface area (Å²) in [5, 5.41) is 10.3. The van der Waals surface area contributed by atoms with Crippen molar-refractivity contribution in [2.75, 3.05) is 16.0 Å². The van der Waals surface area contributed by atoms with Crippen LogP contribution in [-0.2, 0) is 12.8 Å². The Bertz CT molecular complexity index is 1360. The SMILES string of the molecule is O=C(Nc1ccc2cc1CCc1cccc(c1)Nc1ncc(Cl)c(n1)N2)c1ccccc1Cl. The molecule has 0 radical (unpaired) electrons. The Morgan fingerprint density at radius 3 is 2.61 bits per heavy atom. The summed E-state index contributed by atoms with van der Waals surface area (Å²) in [5.74, 6) is 0.681. The third-order valence-electron chi connectivity index (χ3n) is 5.34. The molecule has 0 atom stereocenters. The van der Waals surface area contributed by atoms with Crippen molar-refractivity contribution < 1.29 is 4.79 Å². The predicted octanol–water partition coefficient (Wildman–Crippen LogP) is 6.62. The van der Waals surface area contributed by atoms with Crippen LogP contribution in [0.5, 0.6) is 0 Å². The molecule has 0 fully saturated rings. The first-order valence-corrected chi connectivity index (χ1v) is 11.1.